The van der Waals surface area contributed by atoms with Crippen molar-refractivity contribution in [2.24, 2.45) is 0 Å². The van der Waals surface area contributed by atoms with Gasteiger partial charge in [-0.15, -0.1) is 0 Å². The molecule has 1 nitrogen and oxygen atoms in total. The molecule has 1 unspecified atom stereocenters. The highest BCUT2D eigenvalue weighted by Crippen LogP contribution is 2.33. The largest absolute Gasteiger partial charge is 0.388 e. The Kier molecular flexibility index (Phi) is 5.01. The molecule has 1 atom stereocenters. The maximum absolute atomic E-state index is 13.4. The van der Waals surface area contributed by atoms with E-state index in [1.54, 1.807) is 30.3 Å². The minimum Gasteiger partial charge on any atom is -0.388 e. The quantitative estimate of drug-likeness (QED) is 0.733. The van der Waals surface area contributed by atoms with Gasteiger partial charge in [-0.25, -0.2) is 4.39 Å². The predicted octanol–water partition coefficient (Wildman–Crippen LogP) is 5.28. The zero-order valence-corrected chi connectivity index (χ0v) is 13.6. The maximum atomic E-state index is 13.4. The van der Waals surface area contributed by atoms with Crippen molar-refractivity contribution in [1.29, 1.82) is 0 Å². The van der Waals surface area contributed by atoms with Gasteiger partial charge in [-0.3, -0.25) is 0 Å². The summed E-state index contributed by atoms with van der Waals surface area (Å²) in [5.41, 5.74) is 1.32. The van der Waals surface area contributed by atoms with E-state index in [0.29, 0.717) is 20.6 Å². The lowest BCUT2D eigenvalue weighted by molar-refractivity contribution is 0.178. The van der Waals surface area contributed by atoms with Crippen LogP contribution in [0, 0.1) is 5.82 Å². The normalized spacial score (nSPS) is 12.5. The average Bonchev–Trinajstić information content (AvgIpc) is 2.38. The van der Waals surface area contributed by atoms with Crippen LogP contribution in [0.1, 0.15) is 17.2 Å². The van der Waals surface area contributed by atoms with Gasteiger partial charge in [0.05, 0.1) is 15.6 Å². The maximum Gasteiger partial charge on any atom is 0.137 e. The summed E-state index contributed by atoms with van der Waals surface area (Å²) in [5.74, 6) is -0.343. The third-order valence-electron chi connectivity index (χ3n) is 2.79. The van der Waals surface area contributed by atoms with Gasteiger partial charge in [-0.1, -0.05) is 35.9 Å². The zero-order valence-electron chi connectivity index (χ0n) is 9.71. The Morgan fingerprint density at radius 3 is 2.58 bits per heavy atom. The van der Waals surface area contributed by atoms with E-state index in [1.165, 1.54) is 6.07 Å². The van der Waals surface area contributed by atoms with Gasteiger partial charge in [-0.05, 0) is 49.6 Å². The van der Waals surface area contributed by atoms with Crippen LogP contribution in [0.4, 0.5) is 4.39 Å². The van der Waals surface area contributed by atoms with E-state index in [2.05, 4.69) is 31.9 Å². The summed E-state index contributed by atoms with van der Waals surface area (Å²) >= 11 is 12.6. The summed E-state index contributed by atoms with van der Waals surface area (Å²) in [6.45, 7) is 0. The van der Waals surface area contributed by atoms with Crippen molar-refractivity contribution in [3.8, 4) is 0 Å². The van der Waals surface area contributed by atoms with E-state index >= 15 is 0 Å². The van der Waals surface area contributed by atoms with Crippen LogP contribution in [0.3, 0.4) is 0 Å². The fourth-order valence-corrected chi connectivity index (χ4v) is 2.86. The lowest BCUT2D eigenvalue weighted by Gasteiger charge is -2.14. The Bertz CT molecular complexity index is 604. The van der Waals surface area contributed by atoms with Gasteiger partial charge in [-0.2, -0.15) is 0 Å². The molecule has 0 amide bonds. The van der Waals surface area contributed by atoms with Crippen molar-refractivity contribution in [2.75, 3.05) is 0 Å². The molecule has 1 N–H and O–H groups in total. The molecule has 0 saturated heterocycles. The van der Waals surface area contributed by atoms with Crippen molar-refractivity contribution in [3.05, 3.63) is 67.3 Å². The van der Waals surface area contributed by atoms with Gasteiger partial charge in [0.25, 0.3) is 0 Å². The van der Waals surface area contributed by atoms with Crippen molar-refractivity contribution < 1.29 is 9.50 Å². The molecule has 0 saturated carbocycles. The monoisotopic (exact) mass is 406 g/mol. The third kappa shape index (κ3) is 3.37. The molecule has 0 bridgehead atoms. The first-order chi connectivity index (χ1) is 9.00. The van der Waals surface area contributed by atoms with Gasteiger partial charge in [0.2, 0.25) is 0 Å². The van der Waals surface area contributed by atoms with Crippen LogP contribution in [-0.2, 0) is 6.42 Å². The molecule has 2 aromatic carbocycles. The molecule has 0 heterocycles. The lowest BCUT2D eigenvalue weighted by atomic mass is 10.0. The number of hydrogen-bond acceptors (Lipinski definition) is 1. The Hall–Kier alpha value is -0.420. The summed E-state index contributed by atoms with van der Waals surface area (Å²) in [6.07, 6.45) is -0.503. The van der Waals surface area contributed by atoms with Gasteiger partial charge in [0.1, 0.15) is 5.82 Å². The molecule has 0 aliphatic rings. The summed E-state index contributed by atoms with van der Waals surface area (Å²) in [6, 6.07) is 10.1. The molecule has 0 spiro atoms. The van der Waals surface area contributed by atoms with Crippen LogP contribution in [0.15, 0.2) is 45.3 Å². The highest BCUT2D eigenvalue weighted by atomic mass is 79.9. The average molecular weight is 408 g/mol. The predicted molar refractivity (Wildman–Crippen MR) is 81.9 cm³/mol. The molecule has 2 aromatic rings. The molecule has 0 fully saturated rings. The number of rotatable bonds is 3. The molecular weight excluding hydrogens is 398 g/mol. The smallest absolute Gasteiger partial charge is 0.137 e. The number of aliphatic hydroxyl groups is 1. The molecule has 5 heteroatoms. The summed E-state index contributed by atoms with van der Waals surface area (Å²) < 4.78 is 14.5. The third-order valence-corrected chi connectivity index (χ3v) is 4.98. The molecular formula is C14H10Br2ClFO. The fourth-order valence-electron chi connectivity index (χ4n) is 1.80. The van der Waals surface area contributed by atoms with E-state index in [0.717, 1.165) is 4.47 Å². The minimum atomic E-state index is -0.789. The molecule has 0 aliphatic carbocycles. The van der Waals surface area contributed by atoms with E-state index in [-0.39, 0.29) is 12.2 Å². The Morgan fingerprint density at radius 2 is 1.84 bits per heavy atom. The first-order valence-electron chi connectivity index (χ1n) is 5.55. The van der Waals surface area contributed by atoms with E-state index in [1.807, 2.05) is 0 Å². The van der Waals surface area contributed by atoms with Gasteiger partial charge in [0, 0.05) is 16.5 Å². The van der Waals surface area contributed by atoms with Crippen LogP contribution < -0.4 is 0 Å². The topological polar surface area (TPSA) is 20.2 Å². The first-order valence-corrected chi connectivity index (χ1v) is 7.52. The van der Waals surface area contributed by atoms with E-state index < -0.39 is 6.10 Å². The second kappa shape index (κ2) is 6.35. The highest BCUT2D eigenvalue weighted by molar-refractivity contribution is 9.10. The Balaban J connectivity index is 2.28. The van der Waals surface area contributed by atoms with E-state index in [9.17, 15) is 9.50 Å². The first kappa shape index (κ1) is 15.0. The zero-order chi connectivity index (χ0) is 14.0. The summed E-state index contributed by atoms with van der Waals surface area (Å²) in [7, 11) is 0. The van der Waals surface area contributed by atoms with Crippen molar-refractivity contribution in [3.63, 3.8) is 0 Å². The number of benzene rings is 2. The van der Waals surface area contributed by atoms with Crippen LogP contribution in [-0.4, -0.2) is 5.11 Å². The molecule has 0 radical (unpaired) electrons. The number of aliphatic hydroxyl groups excluding tert-OH is 1. The molecule has 0 aromatic heterocycles. The van der Waals surface area contributed by atoms with E-state index in [4.69, 9.17) is 11.6 Å². The van der Waals surface area contributed by atoms with Crippen molar-refractivity contribution >= 4 is 43.5 Å². The second-order valence-electron chi connectivity index (χ2n) is 4.08. The fraction of sp³-hybridized carbons (Fsp3) is 0.143. The standard InChI is InChI=1S/C14H10Br2ClFO/c15-10-5-2-4-9(14(10)17)12(19)7-8-3-1-6-11(18)13(8)16/h1-6,12,19H,7H2. The minimum absolute atomic E-state index is 0.286. The lowest BCUT2D eigenvalue weighted by Crippen LogP contribution is -2.04. The molecule has 2 rings (SSSR count). The van der Waals surface area contributed by atoms with Crippen LogP contribution in [0.25, 0.3) is 0 Å². The Labute approximate surface area is 132 Å². The molecule has 0 aliphatic heterocycles. The summed E-state index contributed by atoms with van der Waals surface area (Å²) in [4.78, 5) is 0. The van der Waals surface area contributed by atoms with Gasteiger partial charge >= 0.3 is 0 Å². The summed E-state index contributed by atoms with van der Waals surface area (Å²) in [5, 5.41) is 10.7. The van der Waals surface area contributed by atoms with Crippen molar-refractivity contribution in [1.82, 2.24) is 0 Å². The molecule has 19 heavy (non-hydrogen) atoms. The molecule has 100 valence electrons. The van der Waals surface area contributed by atoms with Crippen LogP contribution in [0.2, 0.25) is 5.02 Å². The van der Waals surface area contributed by atoms with Gasteiger partial charge < -0.3 is 5.11 Å². The van der Waals surface area contributed by atoms with Gasteiger partial charge in [0.15, 0.2) is 0 Å². The SMILES string of the molecule is OC(Cc1cccc(F)c1Br)c1cccc(Br)c1Cl. The highest BCUT2D eigenvalue weighted by Gasteiger charge is 2.16. The van der Waals surface area contributed by atoms with Crippen LogP contribution >= 0.6 is 43.5 Å². The second-order valence-corrected chi connectivity index (χ2v) is 6.10. The van der Waals surface area contributed by atoms with Crippen molar-refractivity contribution in [2.45, 2.75) is 12.5 Å². The number of hydrogen-bond donors (Lipinski definition) is 1. The Morgan fingerprint density at radius 1 is 1.16 bits per heavy atom. The van der Waals surface area contributed by atoms with Crippen LogP contribution in [0.5, 0.6) is 0 Å². The number of halogens is 4.